The number of carbonyl (C=O) groups excluding carboxylic acids is 1. The number of piperidine rings is 1. The van der Waals surface area contributed by atoms with Gasteiger partial charge in [0.25, 0.3) is 0 Å². The molecule has 1 saturated heterocycles. The van der Waals surface area contributed by atoms with Gasteiger partial charge in [0.15, 0.2) is 0 Å². The molecule has 1 aliphatic rings. The molecule has 0 saturated carbocycles. The molecular weight excluding hydrogens is 156 g/mol. The Kier molecular flexibility index (Phi) is 3.05. The molecule has 0 atom stereocenters. The van der Waals surface area contributed by atoms with E-state index in [0.29, 0.717) is 6.54 Å². The highest BCUT2D eigenvalue weighted by Gasteiger charge is 2.39. The average Bonchev–Trinajstić information content (AvgIpc) is 2.17. The van der Waals surface area contributed by atoms with Crippen molar-refractivity contribution in [2.24, 2.45) is 11.1 Å². The number of hydrogen-bond acceptors (Lipinski definition) is 4. The smallest absolute Gasteiger partial charge is 0.313 e. The highest BCUT2D eigenvalue weighted by atomic mass is 16.5. The third-order valence-corrected chi connectivity index (χ3v) is 2.57. The van der Waals surface area contributed by atoms with Crippen LogP contribution < -0.4 is 11.1 Å². The van der Waals surface area contributed by atoms with Crippen LogP contribution >= 0.6 is 0 Å². The molecule has 0 aromatic heterocycles. The summed E-state index contributed by atoms with van der Waals surface area (Å²) in [5, 5.41) is 3.19. The molecular formula is C8H16N2O2. The van der Waals surface area contributed by atoms with Crippen LogP contribution in [0.5, 0.6) is 0 Å². The van der Waals surface area contributed by atoms with Gasteiger partial charge >= 0.3 is 5.97 Å². The van der Waals surface area contributed by atoms with Crippen LogP contribution in [-0.4, -0.2) is 32.7 Å². The van der Waals surface area contributed by atoms with Crippen LogP contribution in [0.15, 0.2) is 0 Å². The predicted octanol–water partition coefficient (Wildman–Crippen LogP) is -0.512. The average molecular weight is 172 g/mol. The molecule has 0 unspecified atom stereocenters. The van der Waals surface area contributed by atoms with Gasteiger partial charge in [0.05, 0.1) is 12.5 Å². The molecule has 0 radical (unpaired) electrons. The van der Waals surface area contributed by atoms with Crippen molar-refractivity contribution in [3.63, 3.8) is 0 Å². The van der Waals surface area contributed by atoms with Gasteiger partial charge in [-0.2, -0.15) is 0 Å². The van der Waals surface area contributed by atoms with Gasteiger partial charge in [-0.15, -0.1) is 0 Å². The zero-order chi connectivity index (χ0) is 9.03. The molecule has 3 N–H and O–H groups in total. The summed E-state index contributed by atoms with van der Waals surface area (Å²) in [6.07, 6.45) is 1.58. The molecule has 1 heterocycles. The normalized spacial score (nSPS) is 21.8. The Bertz CT molecular complexity index is 164. The van der Waals surface area contributed by atoms with Gasteiger partial charge in [-0.25, -0.2) is 0 Å². The summed E-state index contributed by atoms with van der Waals surface area (Å²) in [6.45, 7) is 2.10. The molecule has 1 aliphatic heterocycles. The Balaban J connectivity index is 2.66. The minimum absolute atomic E-state index is 0.161. The van der Waals surface area contributed by atoms with Gasteiger partial charge in [0.1, 0.15) is 0 Å². The quantitative estimate of drug-likeness (QED) is 0.550. The first-order valence-corrected chi connectivity index (χ1v) is 4.24. The summed E-state index contributed by atoms with van der Waals surface area (Å²) >= 11 is 0. The van der Waals surface area contributed by atoms with E-state index < -0.39 is 5.41 Å². The molecule has 0 aromatic carbocycles. The largest absolute Gasteiger partial charge is 0.469 e. The van der Waals surface area contributed by atoms with E-state index in [1.807, 2.05) is 0 Å². The van der Waals surface area contributed by atoms with E-state index in [0.717, 1.165) is 25.9 Å². The van der Waals surface area contributed by atoms with Gasteiger partial charge in [-0.05, 0) is 25.9 Å². The van der Waals surface area contributed by atoms with Gasteiger partial charge in [0.2, 0.25) is 0 Å². The zero-order valence-electron chi connectivity index (χ0n) is 7.43. The second-order valence-electron chi connectivity index (χ2n) is 3.23. The van der Waals surface area contributed by atoms with E-state index in [-0.39, 0.29) is 5.97 Å². The van der Waals surface area contributed by atoms with Crippen molar-refractivity contribution in [1.29, 1.82) is 0 Å². The highest BCUT2D eigenvalue weighted by Crippen LogP contribution is 2.28. The van der Waals surface area contributed by atoms with E-state index >= 15 is 0 Å². The van der Waals surface area contributed by atoms with Crippen molar-refractivity contribution >= 4 is 5.97 Å². The van der Waals surface area contributed by atoms with Crippen molar-refractivity contribution in [1.82, 2.24) is 5.32 Å². The van der Waals surface area contributed by atoms with Crippen LogP contribution in [0.4, 0.5) is 0 Å². The molecule has 0 amide bonds. The minimum atomic E-state index is -0.417. The zero-order valence-corrected chi connectivity index (χ0v) is 7.43. The summed E-state index contributed by atoms with van der Waals surface area (Å²) in [7, 11) is 1.42. The molecule has 12 heavy (non-hydrogen) atoms. The molecule has 1 rings (SSSR count). The van der Waals surface area contributed by atoms with E-state index in [1.165, 1.54) is 7.11 Å². The topological polar surface area (TPSA) is 64.3 Å². The lowest BCUT2D eigenvalue weighted by Crippen LogP contribution is -2.47. The highest BCUT2D eigenvalue weighted by molar-refractivity contribution is 5.77. The Labute approximate surface area is 72.5 Å². The lowest BCUT2D eigenvalue weighted by molar-refractivity contribution is -0.153. The first-order chi connectivity index (χ1) is 5.75. The van der Waals surface area contributed by atoms with Crippen LogP contribution in [0.1, 0.15) is 12.8 Å². The molecule has 0 spiro atoms. The number of ether oxygens (including phenoxy) is 1. The summed E-state index contributed by atoms with van der Waals surface area (Å²) in [5.41, 5.74) is 5.17. The fraction of sp³-hybridized carbons (Fsp3) is 0.875. The van der Waals surface area contributed by atoms with Crippen LogP contribution in [0, 0.1) is 5.41 Å². The van der Waals surface area contributed by atoms with Crippen LogP contribution in [-0.2, 0) is 9.53 Å². The number of methoxy groups -OCH3 is 1. The molecule has 4 nitrogen and oxygen atoms in total. The predicted molar refractivity (Wildman–Crippen MR) is 45.6 cm³/mol. The maximum Gasteiger partial charge on any atom is 0.313 e. The fourth-order valence-electron chi connectivity index (χ4n) is 1.61. The third-order valence-electron chi connectivity index (χ3n) is 2.57. The van der Waals surface area contributed by atoms with E-state index in [1.54, 1.807) is 0 Å². The number of esters is 1. The lowest BCUT2D eigenvalue weighted by Gasteiger charge is -2.33. The molecule has 0 aliphatic carbocycles. The number of hydrogen-bond donors (Lipinski definition) is 2. The van der Waals surface area contributed by atoms with Crippen molar-refractivity contribution in [3.8, 4) is 0 Å². The van der Waals surface area contributed by atoms with Crippen molar-refractivity contribution in [2.75, 3.05) is 26.7 Å². The maximum absolute atomic E-state index is 11.4. The van der Waals surface area contributed by atoms with Gasteiger partial charge < -0.3 is 15.8 Å². The number of rotatable bonds is 2. The first kappa shape index (κ1) is 9.48. The van der Waals surface area contributed by atoms with Crippen LogP contribution in [0.2, 0.25) is 0 Å². The van der Waals surface area contributed by atoms with E-state index in [2.05, 4.69) is 5.32 Å². The Morgan fingerprint density at radius 2 is 2.17 bits per heavy atom. The van der Waals surface area contributed by atoms with Crippen LogP contribution in [0.25, 0.3) is 0 Å². The SMILES string of the molecule is COC(=O)C1(CN)CCNCC1. The molecule has 4 heteroatoms. The fourth-order valence-corrected chi connectivity index (χ4v) is 1.61. The van der Waals surface area contributed by atoms with Crippen LogP contribution in [0.3, 0.4) is 0 Å². The summed E-state index contributed by atoms with van der Waals surface area (Å²) in [5.74, 6) is -0.161. The monoisotopic (exact) mass is 172 g/mol. The van der Waals surface area contributed by atoms with Gasteiger partial charge in [-0.3, -0.25) is 4.79 Å². The third kappa shape index (κ3) is 1.59. The molecule has 70 valence electrons. The molecule has 0 aromatic rings. The van der Waals surface area contributed by atoms with Crippen molar-refractivity contribution in [2.45, 2.75) is 12.8 Å². The van der Waals surface area contributed by atoms with Crippen molar-refractivity contribution in [3.05, 3.63) is 0 Å². The first-order valence-electron chi connectivity index (χ1n) is 4.24. The van der Waals surface area contributed by atoms with Gasteiger partial charge in [-0.1, -0.05) is 0 Å². The minimum Gasteiger partial charge on any atom is -0.469 e. The standard InChI is InChI=1S/C8H16N2O2/c1-12-7(11)8(6-9)2-4-10-5-3-8/h10H,2-6,9H2,1H3. The second kappa shape index (κ2) is 3.87. The van der Waals surface area contributed by atoms with Gasteiger partial charge in [0, 0.05) is 6.54 Å². The summed E-state index contributed by atoms with van der Waals surface area (Å²) in [6, 6.07) is 0. The Morgan fingerprint density at radius 3 is 2.58 bits per heavy atom. The molecule has 0 bridgehead atoms. The lowest BCUT2D eigenvalue weighted by atomic mass is 9.79. The maximum atomic E-state index is 11.4. The molecule has 1 fully saturated rings. The second-order valence-corrected chi connectivity index (χ2v) is 3.23. The summed E-state index contributed by atoms with van der Waals surface area (Å²) in [4.78, 5) is 11.4. The van der Waals surface area contributed by atoms with Crippen molar-refractivity contribution < 1.29 is 9.53 Å². The van der Waals surface area contributed by atoms with E-state index in [9.17, 15) is 4.79 Å². The number of carbonyl (C=O) groups is 1. The Morgan fingerprint density at radius 1 is 1.58 bits per heavy atom. The number of nitrogens with two attached hydrogens (primary N) is 1. The summed E-state index contributed by atoms with van der Waals surface area (Å²) < 4.78 is 4.74. The Hall–Kier alpha value is -0.610. The number of nitrogens with one attached hydrogen (secondary N) is 1. The van der Waals surface area contributed by atoms with E-state index in [4.69, 9.17) is 10.5 Å².